The van der Waals surface area contributed by atoms with Gasteiger partial charge in [0.15, 0.2) is 0 Å². The molecule has 0 amide bonds. The van der Waals surface area contributed by atoms with E-state index in [1.165, 1.54) is 4.88 Å². The van der Waals surface area contributed by atoms with Gasteiger partial charge in [-0.1, -0.05) is 13.3 Å². The number of rotatable bonds is 6. The van der Waals surface area contributed by atoms with Crippen molar-refractivity contribution in [2.75, 3.05) is 6.54 Å². The molecule has 0 spiro atoms. The number of thiophene rings is 1. The molecular weight excluding hydrogens is 210 g/mol. The molecule has 0 radical (unpaired) electrons. The Morgan fingerprint density at radius 3 is 2.87 bits per heavy atom. The molecule has 1 heterocycles. The third-order valence-corrected chi connectivity index (χ3v) is 3.59. The topological polar surface area (TPSA) is 63.3 Å². The minimum atomic E-state index is -0.782. The summed E-state index contributed by atoms with van der Waals surface area (Å²) in [4.78, 5) is 13.0. The molecule has 15 heavy (non-hydrogen) atoms. The van der Waals surface area contributed by atoms with Gasteiger partial charge in [0, 0.05) is 22.2 Å². The van der Waals surface area contributed by atoms with E-state index in [2.05, 4.69) is 13.0 Å². The molecule has 1 aromatic heterocycles. The molecule has 3 N–H and O–H groups in total. The zero-order chi connectivity index (χ0) is 11.3. The van der Waals surface area contributed by atoms with Gasteiger partial charge in [0.1, 0.15) is 0 Å². The molecule has 0 bridgehead atoms. The van der Waals surface area contributed by atoms with Crippen molar-refractivity contribution in [3.63, 3.8) is 0 Å². The highest BCUT2D eigenvalue weighted by Crippen LogP contribution is 2.27. The summed E-state index contributed by atoms with van der Waals surface area (Å²) in [6.45, 7) is 2.54. The lowest BCUT2D eigenvalue weighted by Gasteiger charge is -2.09. The summed E-state index contributed by atoms with van der Waals surface area (Å²) < 4.78 is 0. The van der Waals surface area contributed by atoms with Gasteiger partial charge in [-0.3, -0.25) is 4.79 Å². The van der Waals surface area contributed by atoms with Crippen LogP contribution in [-0.4, -0.2) is 17.6 Å². The van der Waals surface area contributed by atoms with Gasteiger partial charge in [0.25, 0.3) is 0 Å². The fourth-order valence-corrected chi connectivity index (χ4v) is 2.73. The molecule has 0 aliphatic rings. The van der Waals surface area contributed by atoms with Gasteiger partial charge in [0.05, 0.1) is 6.42 Å². The highest BCUT2D eigenvalue weighted by atomic mass is 32.1. The molecule has 0 fully saturated rings. The molecule has 84 valence electrons. The van der Waals surface area contributed by atoms with Crippen LogP contribution in [0, 0.1) is 0 Å². The van der Waals surface area contributed by atoms with Gasteiger partial charge < -0.3 is 10.8 Å². The second-order valence-electron chi connectivity index (χ2n) is 3.58. The lowest BCUT2D eigenvalue weighted by atomic mass is 10.0. The molecule has 0 aliphatic heterocycles. The molecule has 1 rings (SSSR count). The number of hydrogen-bond donors (Lipinski definition) is 2. The fraction of sp³-hybridized carbons (Fsp3) is 0.545. The van der Waals surface area contributed by atoms with Gasteiger partial charge in [-0.05, 0) is 18.6 Å². The van der Waals surface area contributed by atoms with E-state index in [4.69, 9.17) is 10.8 Å². The van der Waals surface area contributed by atoms with Crippen LogP contribution < -0.4 is 5.73 Å². The fourth-order valence-electron chi connectivity index (χ4n) is 1.51. The average molecular weight is 227 g/mol. The van der Waals surface area contributed by atoms with Gasteiger partial charge in [0.2, 0.25) is 0 Å². The van der Waals surface area contributed by atoms with Crippen molar-refractivity contribution in [1.82, 2.24) is 0 Å². The Morgan fingerprint density at radius 2 is 2.33 bits per heavy atom. The summed E-state index contributed by atoms with van der Waals surface area (Å²) in [7, 11) is 0. The number of aryl methyl sites for hydroxylation is 1. The van der Waals surface area contributed by atoms with E-state index in [9.17, 15) is 4.79 Å². The zero-order valence-corrected chi connectivity index (χ0v) is 9.72. The maximum Gasteiger partial charge on any atom is 0.304 e. The first-order chi connectivity index (χ1) is 7.17. The second-order valence-corrected chi connectivity index (χ2v) is 4.78. The average Bonchev–Trinajstić information content (AvgIpc) is 2.63. The molecule has 1 atom stereocenters. The Labute approximate surface area is 93.9 Å². The molecule has 1 unspecified atom stereocenters. The van der Waals surface area contributed by atoms with E-state index in [-0.39, 0.29) is 12.3 Å². The zero-order valence-electron chi connectivity index (χ0n) is 8.90. The first-order valence-corrected chi connectivity index (χ1v) is 5.99. The summed E-state index contributed by atoms with van der Waals surface area (Å²) in [6, 6.07) is 4.09. The SMILES string of the molecule is CCCc1ccc(C(CN)CC(=O)O)s1. The van der Waals surface area contributed by atoms with Crippen LogP contribution >= 0.6 is 11.3 Å². The number of aliphatic carboxylic acids is 1. The van der Waals surface area contributed by atoms with Crippen LogP contribution in [0.15, 0.2) is 12.1 Å². The van der Waals surface area contributed by atoms with E-state index in [1.54, 1.807) is 11.3 Å². The van der Waals surface area contributed by atoms with Gasteiger partial charge in [-0.15, -0.1) is 11.3 Å². The van der Waals surface area contributed by atoms with Crippen molar-refractivity contribution in [3.05, 3.63) is 21.9 Å². The number of carboxylic acid groups (broad SMARTS) is 1. The van der Waals surface area contributed by atoms with Crippen molar-refractivity contribution in [3.8, 4) is 0 Å². The Kier molecular flexibility index (Phi) is 4.78. The number of carbonyl (C=O) groups is 1. The van der Waals surface area contributed by atoms with Crippen LogP contribution in [0.5, 0.6) is 0 Å². The van der Waals surface area contributed by atoms with Crippen molar-refractivity contribution >= 4 is 17.3 Å². The smallest absolute Gasteiger partial charge is 0.304 e. The third kappa shape index (κ3) is 3.64. The maximum atomic E-state index is 10.6. The van der Waals surface area contributed by atoms with Crippen LogP contribution in [0.3, 0.4) is 0 Å². The Bertz CT molecular complexity index is 322. The van der Waals surface area contributed by atoms with E-state index in [0.29, 0.717) is 6.54 Å². The Balaban J connectivity index is 2.69. The first kappa shape index (κ1) is 12.2. The number of nitrogens with two attached hydrogens (primary N) is 1. The van der Waals surface area contributed by atoms with Crippen LogP contribution in [0.1, 0.15) is 35.4 Å². The maximum absolute atomic E-state index is 10.6. The lowest BCUT2D eigenvalue weighted by molar-refractivity contribution is -0.137. The summed E-state index contributed by atoms with van der Waals surface area (Å²) in [6.07, 6.45) is 2.31. The van der Waals surface area contributed by atoms with Crippen molar-refractivity contribution < 1.29 is 9.90 Å². The summed E-state index contributed by atoms with van der Waals surface area (Å²) >= 11 is 1.69. The molecule has 0 aromatic carbocycles. The van der Waals surface area contributed by atoms with Gasteiger partial charge in [-0.25, -0.2) is 0 Å². The quantitative estimate of drug-likeness (QED) is 0.783. The van der Waals surface area contributed by atoms with Crippen molar-refractivity contribution in [2.45, 2.75) is 32.1 Å². The van der Waals surface area contributed by atoms with Crippen molar-refractivity contribution in [1.29, 1.82) is 0 Å². The standard InChI is InChI=1S/C11H17NO2S/c1-2-3-9-4-5-10(15-9)8(7-12)6-11(13)14/h4-5,8H,2-3,6-7,12H2,1H3,(H,13,14). The minimum Gasteiger partial charge on any atom is -0.481 e. The molecule has 1 aromatic rings. The second kappa shape index (κ2) is 5.88. The molecule has 4 heteroatoms. The van der Waals surface area contributed by atoms with Gasteiger partial charge in [-0.2, -0.15) is 0 Å². The summed E-state index contributed by atoms with van der Waals surface area (Å²) in [5.41, 5.74) is 5.58. The minimum absolute atomic E-state index is 0.0295. The summed E-state index contributed by atoms with van der Waals surface area (Å²) in [5, 5.41) is 8.74. The van der Waals surface area contributed by atoms with Crippen LogP contribution in [0.25, 0.3) is 0 Å². The molecule has 0 saturated heterocycles. The Morgan fingerprint density at radius 1 is 1.60 bits per heavy atom. The summed E-state index contributed by atoms with van der Waals surface area (Å²) in [5.74, 6) is -0.811. The van der Waals surface area contributed by atoms with Crippen LogP contribution in [-0.2, 0) is 11.2 Å². The van der Waals surface area contributed by atoms with Gasteiger partial charge >= 0.3 is 5.97 Å². The predicted octanol–water partition coefficient (Wildman–Crippen LogP) is 2.22. The normalized spacial score (nSPS) is 12.7. The van der Waals surface area contributed by atoms with E-state index >= 15 is 0 Å². The molecule has 0 saturated carbocycles. The highest BCUT2D eigenvalue weighted by molar-refractivity contribution is 7.12. The largest absolute Gasteiger partial charge is 0.481 e. The predicted molar refractivity (Wildman–Crippen MR) is 62.4 cm³/mol. The van der Waals surface area contributed by atoms with E-state index in [1.807, 2.05) is 6.07 Å². The highest BCUT2D eigenvalue weighted by Gasteiger charge is 2.15. The first-order valence-electron chi connectivity index (χ1n) is 5.17. The molecule has 3 nitrogen and oxygen atoms in total. The number of carboxylic acids is 1. The van der Waals surface area contributed by atoms with Crippen LogP contribution in [0.4, 0.5) is 0 Å². The van der Waals surface area contributed by atoms with Crippen LogP contribution in [0.2, 0.25) is 0 Å². The Hall–Kier alpha value is -0.870. The number of hydrogen-bond acceptors (Lipinski definition) is 3. The van der Waals surface area contributed by atoms with E-state index in [0.717, 1.165) is 17.7 Å². The van der Waals surface area contributed by atoms with Crippen molar-refractivity contribution in [2.24, 2.45) is 5.73 Å². The third-order valence-electron chi connectivity index (χ3n) is 2.29. The molecular formula is C11H17NO2S. The monoisotopic (exact) mass is 227 g/mol. The lowest BCUT2D eigenvalue weighted by Crippen LogP contribution is -2.15. The van der Waals surface area contributed by atoms with E-state index < -0.39 is 5.97 Å². The molecule has 0 aliphatic carbocycles.